The SMILES string of the molecule is COc1cccc(CN(C(=O)CN(c2cccc(Cl)c2C)S(=O)(=O)c2ccc(C)cc2)C(Cc2ccccc2)C(=O)NC(C)(C)C)c1. The number of nitrogens with zero attached hydrogens (tertiary/aromatic N) is 2. The second kappa shape index (κ2) is 15.0. The van der Waals surface area contributed by atoms with E-state index in [-0.39, 0.29) is 29.5 Å². The maximum absolute atomic E-state index is 14.7. The maximum atomic E-state index is 14.7. The molecule has 0 aromatic heterocycles. The zero-order valence-electron chi connectivity index (χ0n) is 27.7. The molecule has 0 aliphatic carbocycles. The van der Waals surface area contributed by atoms with E-state index >= 15 is 0 Å². The third-order valence-corrected chi connectivity index (χ3v) is 9.84. The highest BCUT2D eigenvalue weighted by Crippen LogP contribution is 2.31. The lowest BCUT2D eigenvalue weighted by Crippen LogP contribution is -2.56. The minimum absolute atomic E-state index is 0.0258. The zero-order chi connectivity index (χ0) is 34.4. The maximum Gasteiger partial charge on any atom is 0.264 e. The Labute approximate surface area is 283 Å². The predicted octanol–water partition coefficient (Wildman–Crippen LogP) is 6.72. The second-order valence-corrected chi connectivity index (χ2v) is 14.8. The largest absolute Gasteiger partial charge is 0.497 e. The van der Waals surface area contributed by atoms with Gasteiger partial charge in [-0.1, -0.05) is 77.8 Å². The summed E-state index contributed by atoms with van der Waals surface area (Å²) in [6.07, 6.45) is 0.208. The predicted molar refractivity (Wildman–Crippen MR) is 187 cm³/mol. The number of methoxy groups -OCH3 is 1. The average Bonchev–Trinajstić information content (AvgIpc) is 3.03. The van der Waals surface area contributed by atoms with E-state index in [4.69, 9.17) is 16.3 Å². The fraction of sp³-hybridized carbons (Fsp3) is 0.297. The summed E-state index contributed by atoms with van der Waals surface area (Å²) < 4.78 is 35.1. The first-order valence-electron chi connectivity index (χ1n) is 15.3. The van der Waals surface area contributed by atoms with Gasteiger partial charge >= 0.3 is 0 Å². The lowest BCUT2D eigenvalue weighted by molar-refractivity contribution is -0.140. The molecule has 0 aliphatic rings. The molecule has 10 heteroatoms. The van der Waals surface area contributed by atoms with Crippen molar-refractivity contribution in [1.29, 1.82) is 0 Å². The van der Waals surface area contributed by atoms with Gasteiger partial charge in [0.05, 0.1) is 17.7 Å². The highest BCUT2D eigenvalue weighted by Gasteiger charge is 2.36. The number of benzene rings is 4. The topological polar surface area (TPSA) is 96.0 Å². The number of aryl methyl sites for hydroxylation is 1. The van der Waals surface area contributed by atoms with Crippen LogP contribution in [0.15, 0.2) is 102 Å². The van der Waals surface area contributed by atoms with Crippen LogP contribution in [0.5, 0.6) is 5.75 Å². The molecule has 4 rings (SSSR count). The smallest absolute Gasteiger partial charge is 0.264 e. The van der Waals surface area contributed by atoms with Crippen LogP contribution in [0.2, 0.25) is 5.02 Å². The molecule has 1 N–H and O–H groups in total. The van der Waals surface area contributed by atoms with Gasteiger partial charge in [-0.05, 0) is 87.7 Å². The van der Waals surface area contributed by atoms with Crippen molar-refractivity contribution in [2.75, 3.05) is 18.0 Å². The molecule has 0 aliphatic heterocycles. The number of hydrogen-bond acceptors (Lipinski definition) is 5. The molecule has 0 fully saturated rings. The van der Waals surface area contributed by atoms with E-state index in [2.05, 4.69) is 5.32 Å². The van der Waals surface area contributed by atoms with E-state index in [1.165, 1.54) is 17.0 Å². The Bertz CT molecular complexity index is 1810. The van der Waals surface area contributed by atoms with Crippen molar-refractivity contribution in [1.82, 2.24) is 10.2 Å². The van der Waals surface area contributed by atoms with Gasteiger partial charge in [0.15, 0.2) is 0 Å². The monoisotopic (exact) mass is 675 g/mol. The molecule has 0 spiro atoms. The Kier molecular flexibility index (Phi) is 11.4. The first-order valence-corrected chi connectivity index (χ1v) is 17.1. The summed E-state index contributed by atoms with van der Waals surface area (Å²) >= 11 is 6.47. The van der Waals surface area contributed by atoms with Gasteiger partial charge in [-0.3, -0.25) is 13.9 Å². The second-order valence-electron chi connectivity index (χ2n) is 12.5. The van der Waals surface area contributed by atoms with Gasteiger partial charge in [0.1, 0.15) is 18.3 Å². The van der Waals surface area contributed by atoms with Crippen molar-refractivity contribution in [2.45, 2.75) is 64.1 Å². The summed E-state index contributed by atoms with van der Waals surface area (Å²) in [4.78, 5) is 30.2. The van der Waals surface area contributed by atoms with E-state index in [9.17, 15) is 18.0 Å². The number of rotatable bonds is 12. The van der Waals surface area contributed by atoms with E-state index in [1.807, 2.05) is 70.2 Å². The molecule has 8 nitrogen and oxygen atoms in total. The number of amides is 2. The first-order chi connectivity index (χ1) is 22.2. The van der Waals surface area contributed by atoms with Crippen LogP contribution in [0, 0.1) is 13.8 Å². The van der Waals surface area contributed by atoms with Gasteiger partial charge in [-0.2, -0.15) is 0 Å². The molecule has 0 heterocycles. The Balaban J connectivity index is 1.86. The van der Waals surface area contributed by atoms with Crippen LogP contribution < -0.4 is 14.4 Å². The minimum atomic E-state index is -4.25. The molecule has 0 bridgehead atoms. The highest BCUT2D eigenvalue weighted by atomic mass is 35.5. The fourth-order valence-electron chi connectivity index (χ4n) is 5.19. The number of carbonyl (C=O) groups is 2. The number of ether oxygens (including phenoxy) is 1. The summed E-state index contributed by atoms with van der Waals surface area (Å²) in [6.45, 7) is 8.64. The summed E-state index contributed by atoms with van der Waals surface area (Å²) in [7, 11) is -2.70. The minimum Gasteiger partial charge on any atom is -0.497 e. The van der Waals surface area contributed by atoms with Crippen LogP contribution in [-0.4, -0.2) is 50.4 Å². The van der Waals surface area contributed by atoms with Crippen molar-refractivity contribution < 1.29 is 22.7 Å². The van der Waals surface area contributed by atoms with Gasteiger partial charge in [-0.25, -0.2) is 8.42 Å². The van der Waals surface area contributed by atoms with Gasteiger partial charge in [-0.15, -0.1) is 0 Å². The third-order valence-electron chi connectivity index (χ3n) is 7.65. The summed E-state index contributed by atoms with van der Waals surface area (Å²) in [5, 5.41) is 3.40. The normalized spacial score (nSPS) is 12.2. The lowest BCUT2D eigenvalue weighted by atomic mass is 10.0. The quantitative estimate of drug-likeness (QED) is 0.180. The van der Waals surface area contributed by atoms with Crippen molar-refractivity contribution in [3.05, 3.63) is 124 Å². The lowest BCUT2D eigenvalue weighted by Gasteiger charge is -2.35. The van der Waals surface area contributed by atoms with Crippen LogP contribution in [0.1, 0.15) is 43.0 Å². The van der Waals surface area contributed by atoms with Crippen molar-refractivity contribution in [3.63, 3.8) is 0 Å². The van der Waals surface area contributed by atoms with Gasteiger partial charge in [0.25, 0.3) is 10.0 Å². The molecule has 2 amide bonds. The molecular formula is C37H42ClN3O5S. The van der Waals surface area contributed by atoms with Crippen molar-refractivity contribution in [2.24, 2.45) is 0 Å². The number of sulfonamides is 1. The first kappa shape index (κ1) is 35.5. The summed E-state index contributed by atoms with van der Waals surface area (Å²) in [5.41, 5.74) is 2.64. The Morgan fingerprint density at radius 2 is 1.51 bits per heavy atom. The molecule has 4 aromatic carbocycles. The molecule has 4 aromatic rings. The number of halogens is 1. The standard InChI is InChI=1S/C37H42ClN3O5S/c1-26-18-20-31(21-19-26)47(44,45)41(33-17-11-16-32(38)27(33)2)25-35(42)40(24-29-14-10-15-30(22-29)46-6)34(36(43)39-37(3,4)5)23-28-12-8-7-9-13-28/h7-22,34H,23-25H2,1-6H3,(H,39,43). The zero-order valence-corrected chi connectivity index (χ0v) is 29.2. The molecule has 248 valence electrons. The molecule has 0 saturated carbocycles. The van der Waals surface area contributed by atoms with Gasteiger partial charge < -0.3 is 15.0 Å². The number of carbonyl (C=O) groups excluding carboxylic acids is 2. The summed E-state index contributed by atoms with van der Waals surface area (Å²) in [5.74, 6) is -0.330. The number of nitrogens with one attached hydrogen (secondary N) is 1. The van der Waals surface area contributed by atoms with Gasteiger partial charge in [0, 0.05) is 23.5 Å². The molecule has 1 unspecified atom stereocenters. The molecule has 0 radical (unpaired) electrons. The van der Waals surface area contributed by atoms with Crippen LogP contribution >= 0.6 is 11.6 Å². The van der Waals surface area contributed by atoms with Crippen LogP contribution in [0.4, 0.5) is 5.69 Å². The van der Waals surface area contributed by atoms with E-state index < -0.39 is 34.1 Å². The van der Waals surface area contributed by atoms with E-state index in [1.54, 1.807) is 56.5 Å². The Hall–Kier alpha value is -4.34. The Morgan fingerprint density at radius 3 is 2.15 bits per heavy atom. The number of anilines is 1. The third kappa shape index (κ3) is 9.14. The van der Waals surface area contributed by atoms with Crippen LogP contribution in [0.25, 0.3) is 0 Å². The molecular weight excluding hydrogens is 634 g/mol. The Morgan fingerprint density at radius 1 is 0.872 bits per heavy atom. The molecule has 1 atom stereocenters. The molecule has 0 saturated heterocycles. The van der Waals surface area contributed by atoms with Crippen molar-refractivity contribution >= 4 is 39.1 Å². The summed E-state index contributed by atoms with van der Waals surface area (Å²) in [6, 6.07) is 27.1. The van der Waals surface area contributed by atoms with E-state index in [0.29, 0.717) is 21.9 Å². The highest BCUT2D eigenvalue weighted by molar-refractivity contribution is 7.92. The van der Waals surface area contributed by atoms with Crippen LogP contribution in [-0.2, 0) is 32.6 Å². The van der Waals surface area contributed by atoms with Gasteiger partial charge in [0.2, 0.25) is 11.8 Å². The average molecular weight is 676 g/mol. The fourth-order valence-corrected chi connectivity index (χ4v) is 6.83. The van der Waals surface area contributed by atoms with E-state index in [0.717, 1.165) is 15.4 Å². The van der Waals surface area contributed by atoms with Crippen LogP contribution in [0.3, 0.4) is 0 Å². The number of hydrogen-bond donors (Lipinski definition) is 1. The van der Waals surface area contributed by atoms with Crippen molar-refractivity contribution in [3.8, 4) is 5.75 Å². The molecule has 47 heavy (non-hydrogen) atoms.